The van der Waals surface area contributed by atoms with Gasteiger partial charge in [-0.3, -0.25) is 4.79 Å². The van der Waals surface area contributed by atoms with E-state index >= 15 is 0 Å². The van der Waals surface area contributed by atoms with Crippen molar-refractivity contribution in [2.24, 2.45) is 0 Å². The molecule has 2 aromatic carbocycles. The van der Waals surface area contributed by atoms with Crippen molar-refractivity contribution in [1.29, 1.82) is 10.5 Å². The summed E-state index contributed by atoms with van der Waals surface area (Å²) in [6.45, 7) is 0. The lowest BCUT2D eigenvalue weighted by Crippen LogP contribution is -2.14. The van der Waals surface area contributed by atoms with Crippen LogP contribution in [0.25, 0.3) is 11.3 Å². The van der Waals surface area contributed by atoms with Gasteiger partial charge in [-0.25, -0.2) is 4.98 Å². The Balaban J connectivity index is 2.00. The fourth-order valence-electron chi connectivity index (χ4n) is 2.30. The van der Waals surface area contributed by atoms with E-state index in [9.17, 15) is 10.1 Å². The summed E-state index contributed by atoms with van der Waals surface area (Å²) in [5, 5.41) is 18.6. The highest BCUT2D eigenvalue weighted by Gasteiger charge is 2.14. The number of aromatic amines is 1. The minimum atomic E-state index is -0.472. The van der Waals surface area contributed by atoms with Gasteiger partial charge in [0.2, 0.25) is 0 Å². The van der Waals surface area contributed by atoms with Crippen LogP contribution in [0.2, 0.25) is 0 Å². The SMILES string of the molecule is CSc1nc(-c2cccc(Oc3ccc(C#N)cc3)c2)c(C#N)c(=O)[nH]1. The van der Waals surface area contributed by atoms with Crippen LogP contribution in [0.1, 0.15) is 11.1 Å². The van der Waals surface area contributed by atoms with Gasteiger partial charge in [-0.2, -0.15) is 10.5 Å². The van der Waals surface area contributed by atoms with E-state index in [1.807, 2.05) is 12.1 Å². The van der Waals surface area contributed by atoms with Gasteiger partial charge in [0.15, 0.2) is 5.16 Å². The van der Waals surface area contributed by atoms with Gasteiger partial charge in [0.1, 0.15) is 23.1 Å². The van der Waals surface area contributed by atoms with E-state index in [2.05, 4.69) is 9.97 Å². The lowest BCUT2D eigenvalue weighted by molar-refractivity contribution is 0.483. The van der Waals surface area contributed by atoms with Crippen LogP contribution in [-0.4, -0.2) is 16.2 Å². The Morgan fingerprint density at radius 1 is 1.08 bits per heavy atom. The van der Waals surface area contributed by atoms with Crippen LogP contribution in [-0.2, 0) is 0 Å². The summed E-state index contributed by atoms with van der Waals surface area (Å²) in [5.41, 5.74) is 0.945. The van der Waals surface area contributed by atoms with Crippen LogP contribution in [0.4, 0.5) is 0 Å². The van der Waals surface area contributed by atoms with Crippen LogP contribution < -0.4 is 10.3 Å². The molecule has 0 atom stereocenters. The minimum absolute atomic E-state index is 0.0432. The van der Waals surface area contributed by atoms with E-state index in [-0.39, 0.29) is 5.56 Å². The molecule has 126 valence electrons. The van der Waals surface area contributed by atoms with Gasteiger partial charge in [-0.15, -0.1) is 0 Å². The lowest BCUT2D eigenvalue weighted by Gasteiger charge is -2.09. The summed E-state index contributed by atoms with van der Waals surface area (Å²) in [6, 6.07) is 17.7. The molecule has 0 aliphatic carbocycles. The number of thioether (sulfide) groups is 1. The van der Waals surface area contributed by atoms with Gasteiger partial charge in [-0.1, -0.05) is 23.9 Å². The Kier molecular flexibility index (Phi) is 5.02. The van der Waals surface area contributed by atoms with Crippen LogP contribution in [0.3, 0.4) is 0 Å². The normalized spacial score (nSPS) is 9.96. The molecular weight excluding hydrogens is 348 g/mol. The molecule has 0 unspecified atom stereocenters. The predicted octanol–water partition coefficient (Wildman–Crippen LogP) is 3.69. The smallest absolute Gasteiger partial charge is 0.270 e. The van der Waals surface area contributed by atoms with Gasteiger partial charge >= 0.3 is 0 Å². The second-order valence-corrected chi connectivity index (χ2v) is 5.97. The Morgan fingerprint density at radius 2 is 1.85 bits per heavy atom. The average Bonchev–Trinajstić information content (AvgIpc) is 2.68. The number of hydrogen-bond acceptors (Lipinski definition) is 6. The van der Waals surface area contributed by atoms with Crippen molar-refractivity contribution in [2.75, 3.05) is 6.26 Å². The molecule has 3 aromatic rings. The van der Waals surface area contributed by atoms with Crippen molar-refractivity contribution in [3.63, 3.8) is 0 Å². The number of ether oxygens (including phenoxy) is 1. The number of hydrogen-bond donors (Lipinski definition) is 1. The number of rotatable bonds is 4. The van der Waals surface area contributed by atoms with E-state index in [0.29, 0.717) is 33.5 Å². The monoisotopic (exact) mass is 360 g/mol. The third kappa shape index (κ3) is 3.59. The highest BCUT2D eigenvalue weighted by Crippen LogP contribution is 2.28. The second kappa shape index (κ2) is 7.56. The number of H-pyrrole nitrogens is 1. The maximum absolute atomic E-state index is 12.1. The van der Waals surface area contributed by atoms with Crippen molar-refractivity contribution >= 4 is 11.8 Å². The molecule has 1 N–H and O–H groups in total. The molecule has 0 radical (unpaired) electrons. The number of nitriles is 2. The number of benzene rings is 2. The van der Waals surface area contributed by atoms with Gasteiger partial charge in [0, 0.05) is 5.56 Å². The first-order valence-electron chi connectivity index (χ1n) is 7.51. The molecule has 7 heteroatoms. The molecule has 0 amide bonds. The fraction of sp³-hybridized carbons (Fsp3) is 0.0526. The Bertz CT molecular complexity index is 1090. The van der Waals surface area contributed by atoms with E-state index in [0.717, 1.165) is 0 Å². The summed E-state index contributed by atoms with van der Waals surface area (Å²) in [5.74, 6) is 1.11. The summed E-state index contributed by atoms with van der Waals surface area (Å²) >= 11 is 1.29. The third-order valence-corrected chi connectivity index (χ3v) is 4.11. The molecule has 0 saturated heterocycles. The molecule has 0 bridgehead atoms. The van der Waals surface area contributed by atoms with Crippen LogP contribution in [0.5, 0.6) is 11.5 Å². The summed E-state index contributed by atoms with van der Waals surface area (Å²) in [4.78, 5) is 19.0. The highest BCUT2D eigenvalue weighted by molar-refractivity contribution is 7.98. The minimum Gasteiger partial charge on any atom is -0.457 e. The zero-order chi connectivity index (χ0) is 18.5. The van der Waals surface area contributed by atoms with Crippen LogP contribution >= 0.6 is 11.8 Å². The molecule has 3 rings (SSSR count). The van der Waals surface area contributed by atoms with Crippen LogP contribution in [0.15, 0.2) is 58.5 Å². The number of nitrogens with one attached hydrogen (secondary N) is 1. The summed E-state index contributed by atoms with van der Waals surface area (Å²) in [6.07, 6.45) is 1.79. The summed E-state index contributed by atoms with van der Waals surface area (Å²) in [7, 11) is 0. The van der Waals surface area contributed by atoms with Gasteiger partial charge in [0.25, 0.3) is 5.56 Å². The quantitative estimate of drug-likeness (QED) is 0.562. The first-order chi connectivity index (χ1) is 12.6. The van der Waals surface area contributed by atoms with Crippen molar-refractivity contribution in [2.45, 2.75) is 5.16 Å². The van der Waals surface area contributed by atoms with Crippen molar-refractivity contribution in [1.82, 2.24) is 9.97 Å². The Morgan fingerprint density at radius 3 is 2.50 bits per heavy atom. The second-order valence-electron chi connectivity index (χ2n) is 5.18. The lowest BCUT2D eigenvalue weighted by atomic mass is 10.1. The van der Waals surface area contributed by atoms with E-state index in [1.54, 1.807) is 54.8 Å². The zero-order valence-corrected chi connectivity index (χ0v) is 14.5. The molecule has 1 aromatic heterocycles. The molecule has 0 fully saturated rings. The summed E-state index contributed by atoms with van der Waals surface area (Å²) < 4.78 is 5.79. The maximum Gasteiger partial charge on any atom is 0.270 e. The highest BCUT2D eigenvalue weighted by atomic mass is 32.2. The van der Waals surface area contributed by atoms with E-state index in [4.69, 9.17) is 10.00 Å². The molecule has 1 heterocycles. The van der Waals surface area contributed by atoms with Crippen molar-refractivity contribution in [3.8, 4) is 34.9 Å². The average molecular weight is 360 g/mol. The van der Waals surface area contributed by atoms with Crippen molar-refractivity contribution < 1.29 is 4.74 Å². The topological polar surface area (TPSA) is 103 Å². The van der Waals surface area contributed by atoms with Gasteiger partial charge in [0.05, 0.1) is 17.3 Å². The predicted molar refractivity (Wildman–Crippen MR) is 98.0 cm³/mol. The molecule has 0 spiro atoms. The third-order valence-electron chi connectivity index (χ3n) is 3.53. The van der Waals surface area contributed by atoms with E-state index in [1.165, 1.54) is 11.8 Å². The first kappa shape index (κ1) is 17.3. The number of nitrogens with zero attached hydrogens (tertiary/aromatic N) is 3. The molecule has 0 aliphatic rings. The molecular formula is C19H12N4O2S. The Hall–Kier alpha value is -3.55. The van der Waals surface area contributed by atoms with Crippen molar-refractivity contribution in [3.05, 3.63) is 70.0 Å². The molecule has 0 saturated carbocycles. The molecule has 0 aliphatic heterocycles. The van der Waals surface area contributed by atoms with Crippen LogP contribution in [0, 0.1) is 22.7 Å². The first-order valence-corrected chi connectivity index (χ1v) is 8.74. The Labute approximate surface area is 153 Å². The maximum atomic E-state index is 12.1. The molecule has 6 nitrogen and oxygen atoms in total. The zero-order valence-electron chi connectivity index (χ0n) is 13.7. The largest absolute Gasteiger partial charge is 0.457 e. The van der Waals surface area contributed by atoms with Gasteiger partial charge in [-0.05, 0) is 42.7 Å². The van der Waals surface area contributed by atoms with Gasteiger partial charge < -0.3 is 9.72 Å². The van der Waals surface area contributed by atoms with E-state index < -0.39 is 5.56 Å². The standard InChI is InChI=1S/C19H12N4O2S/c1-26-19-22-17(16(11-21)18(24)23-19)13-3-2-4-15(9-13)25-14-7-5-12(10-20)6-8-14/h2-9H,1H3,(H,22,23,24). The number of aromatic nitrogens is 2. The fourth-order valence-corrected chi connectivity index (χ4v) is 2.68. The molecule has 26 heavy (non-hydrogen) atoms.